The number of nitrogens with zero attached hydrogens (tertiary/aromatic N) is 8. The van der Waals surface area contributed by atoms with Gasteiger partial charge in [0.25, 0.3) is 5.91 Å². The lowest BCUT2D eigenvalue weighted by molar-refractivity contribution is 0.0957. The highest BCUT2D eigenvalue weighted by Gasteiger charge is 2.14. The number of aliphatic imine (C=N–C) groups is 1. The van der Waals surface area contributed by atoms with Gasteiger partial charge in [-0.05, 0) is 49.7 Å². The minimum absolute atomic E-state index is 0.248. The van der Waals surface area contributed by atoms with E-state index in [1.165, 1.54) is 19.1 Å². The molecule has 1 aliphatic rings. The Bertz CT molecular complexity index is 1440. The molecule has 11 nitrogen and oxygen atoms in total. The van der Waals surface area contributed by atoms with Gasteiger partial charge in [-0.3, -0.25) is 9.79 Å². The molecule has 1 aromatic carbocycles. The van der Waals surface area contributed by atoms with E-state index in [0.29, 0.717) is 29.4 Å². The van der Waals surface area contributed by atoms with Crippen molar-refractivity contribution < 1.29 is 4.79 Å². The van der Waals surface area contributed by atoms with E-state index >= 15 is 0 Å². The number of aromatic nitrogens is 6. The number of carbonyl (C=O) groups is 1. The Balaban J connectivity index is 1.27. The molecular formula is C27H30N10O. The maximum Gasteiger partial charge on any atom is 0.271 e. The van der Waals surface area contributed by atoms with E-state index in [1.807, 2.05) is 30.5 Å². The predicted molar refractivity (Wildman–Crippen MR) is 145 cm³/mol. The quantitative estimate of drug-likeness (QED) is 0.313. The van der Waals surface area contributed by atoms with Crippen LogP contribution < -0.4 is 5.32 Å². The Morgan fingerprint density at radius 2 is 1.97 bits per heavy atom. The molecule has 1 saturated heterocycles. The summed E-state index contributed by atoms with van der Waals surface area (Å²) in [7, 11) is 1.57. The maximum atomic E-state index is 12.0. The number of likely N-dealkylation sites (tertiary alicyclic amines) is 1. The van der Waals surface area contributed by atoms with Crippen LogP contribution in [-0.4, -0.2) is 86.2 Å². The summed E-state index contributed by atoms with van der Waals surface area (Å²) in [4.78, 5) is 28.1. The highest BCUT2D eigenvalue weighted by molar-refractivity contribution is 5.92. The molecule has 0 aliphatic carbocycles. The molecule has 3 aromatic heterocycles. The predicted octanol–water partition coefficient (Wildman–Crippen LogP) is 2.43. The van der Waals surface area contributed by atoms with Gasteiger partial charge in [0.1, 0.15) is 5.69 Å². The zero-order valence-corrected chi connectivity index (χ0v) is 21.3. The zero-order valence-electron chi connectivity index (χ0n) is 21.3. The van der Waals surface area contributed by atoms with Crippen LogP contribution in [0.1, 0.15) is 46.2 Å². The van der Waals surface area contributed by atoms with Crippen molar-refractivity contribution in [1.82, 2.24) is 40.0 Å². The number of rotatable bonds is 10. The molecule has 1 aliphatic heterocycles. The fourth-order valence-electron chi connectivity index (χ4n) is 4.47. The van der Waals surface area contributed by atoms with Crippen molar-refractivity contribution in [2.45, 2.75) is 25.2 Å². The summed E-state index contributed by atoms with van der Waals surface area (Å²) >= 11 is 0. The second kappa shape index (κ2) is 11.8. The number of hydrogen-bond acceptors (Lipinski definition) is 9. The largest absolute Gasteiger partial charge is 0.354 e. The first-order valence-corrected chi connectivity index (χ1v) is 12.7. The second-order valence-corrected chi connectivity index (χ2v) is 9.20. The Labute approximate surface area is 220 Å². The first kappa shape index (κ1) is 25.3. The average Bonchev–Trinajstić information content (AvgIpc) is 3.63. The number of hydrogen-bond donors (Lipinski definition) is 2. The zero-order chi connectivity index (χ0) is 26.3. The van der Waals surface area contributed by atoms with E-state index in [4.69, 9.17) is 5.41 Å². The topological polar surface area (TPSA) is 137 Å². The summed E-state index contributed by atoms with van der Waals surface area (Å²) in [5.74, 6) is 0.698. The molecule has 0 saturated carbocycles. The van der Waals surface area contributed by atoms with E-state index in [0.717, 1.165) is 42.9 Å². The van der Waals surface area contributed by atoms with E-state index in [-0.39, 0.29) is 11.8 Å². The Morgan fingerprint density at radius 1 is 1.16 bits per heavy atom. The number of nitrogens with one attached hydrogen (secondary N) is 2. The fourth-order valence-corrected chi connectivity index (χ4v) is 4.47. The van der Waals surface area contributed by atoms with Gasteiger partial charge in [-0.2, -0.15) is 9.61 Å². The summed E-state index contributed by atoms with van der Waals surface area (Å²) in [6, 6.07) is 11.2. The molecule has 4 heterocycles. The van der Waals surface area contributed by atoms with E-state index in [9.17, 15) is 4.79 Å². The monoisotopic (exact) mass is 510 g/mol. The number of amides is 1. The highest BCUT2D eigenvalue weighted by Crippen LogP contribution is 2.20. The molecule has 0 spiro atoms. The molecule has 0 radical (unpaired) electrons. The lowest BCUT2D eigenvalue weighted by Crippen LogP contribution is -2.22. The van der Waals surface area contributed by atoms with Gasteiger partial charge in [-0.15, -0.1) is 10.2 Å². The van der Waals surface area contributed by atoms with Crippen LogP contribution in [0.4, 0.5) is 0 Å². The Morgan fingerprint density at radius 3 is 2.74 bits per heavy atom. The van der Waals surface area contributed by atoms with Gasteiger partial charge in [-0.1, -0.05) is 18.2 Å². The van der Waals surface area contributed by atoms with Crippen LogP contribution in [0.15, 0.2) is 53.8 Å². The summed E-state index contributed by atoms with van der Waals surface area (Å²) in [6.07, 6.45) is 9.71. The third-order valence-corrected chi connectivity index (χ3v) is 6.58. The first-order chi connectivity index (χ1) is 18.6. The SMILES string of the molecule is CNC(=O)c1ccc2nnc(Cc3cccc(-c4ncc(C(C=N)C=NCCN5CCCC5)cn4)c3)n2n1. The molecule has 0 bridgehead atoms. The van der Waals surface area contributed by atoms with E-state index in [2.05, 4.69) is 40.5 Å². The van der Waals surface area contributed by atoms with Crippen molar-refractivity contribution in [3.05, 3.63) is 71.4 Å². The van der Waals surface area contributed by atoms with Crippen molar-refractivity contribution in [3.63, 3.8) is 0 Å². The van der Waals surface area contributed by atoms with Crippen LogP contribution in [0.2, 0.25) is 0 Å². The summed E-state index contributed by atoms with van der Waals surface area (Å²) in [6.45, 7) is 4.01. The van der Waals surface area contributed by atoms with Crippen LogP contribution in [-0.2, 0) is 6.42 Å². The molecule has 1 fully saturated rings. The van der Waals surface area contributed by atoms with Gasteiger partial charge >= 0.3 is 0 Å². The molecular weight excluding hydrogens is 480 g/mol. The smallest absolute Gasteiger partial charge is 0.271 e. The van der Waals surface area contributed by atoms with Crippen molar-refractivity contribution in [1.29, 1.82) is 5.41 Å². The lowest BCUT2D eigenvalue weighted by Gasteiger charge is -2.12. The number of fused-ring (bicyclic) bond motifs is 1. The van der Waals surface area contributed by atoms with Gasteiger partial charge in [0.05, 0.1) is 12.5 Å². The van der Waals surface area contributed by atoms with E-state index < -0.39 is 0 Å². The minimum Gasteiger partial charge on any atom is -0.354 e. The van der Waals surface area contributed by atoms with Crippen LogP contribution in [0.5, 0.6) is 0 Å². The molecule has 4 aromatic rings. The summed E-state index contributed by atoms with van der Waals surface area (Å²) in [5.41, 5.74) is 3.55. The normalized spacial score (nSPS) is 14.8. The second-order valence-electron chi connectivity index (χ2n) is 9.20. The molecule has 1 amide bonds. The van der Waals surface area contributed by atoms with Crippen LogP contribution in [0, 0.1) is 5.41 Å². The molecule has 38 heavy (non-hydrogen) atoms. The number of carbonyl (C=O) groups excluding carboxylic acids is 1. The molecule has 1 unspecified atom stereocenters. The van der Waals surface area contributed by atoms with Crippen molar-refractivity contribution in [3.8, 4) is 11.4 Å². The van der Waals surface area contributed by atoms with Crippen molar-refractivity contribution >= 4 is 24.0 Å². The van der Waals surface area contributed by atoms with Crippen LogP contribution in [0.25, 0.3) is 17.0 Å². The Hall–Kier alpha value is -4.38. The van der Waals surface area contributed by atoms with Gasteiger partial charge < -0.3 is 15.6 Å². The Kier molecular flexibility index (Phi) is 7.84. The third kappa shape index (κ3) is 5.78. The summed E-state index contributed by atoms with van der Waals surface area (Å²) < 4.78 is 1.59. The molecule has 11 heteroatoms. The average molecular weight is 511 g/mol. The van der Waals surface area contributed by atoms with E-state index in [1.54, 1.807) is 36.1 Å². The molecule has 2 N–H and O–H groups in total. The van der Waals surface area contributed by atoms with Gasteiger partial charge in [0.15, 0.2) is 17.3 Å². The van der Waals surface area contributed by atoms with Crippen LogP contribution >= 0.6 is 0 Å². The fraction of sp³-hybridized carbons (Fsp3) is 0.333. The highest BCUT2D eigenvalue weighted by atomic mass is 16.1. The van der Waals surface area contributed by atoms with Gasteiger partial charge in [0, 0.05) is 56.0 Å². The molecule has 1 atom stereocenters. The van der Waals surface area contributed by atoms with Crippen molar-refractivity contribution in [2.75, 3.05) is 33.2 Å². The van der Waals surface area contributed by atoms with Crippen LogP contribution in [0.3, 0.4) is 0 Å². The maximum absolute atomic E-state index is 12.0. The number of benzene rings is 1. The molecule has 194 valence electrons. The van der Waals surface area contributed by atoms with Crippen molar-refractivity contribution in [2.24, 2.45) is 4.99 Å². The van der Waals surface area contributed by atoms with Gasteiger partial charge in [0.2, 0.25) is 0 Å². The first-order valence-electron chi connectivity index (χ1n) is 12.7. The molecule has 5 rings (SSSR count). The van der Waals surface area contributed by atoms with Gasteiger partial charge in [-0.25, -0.2) is 9.97 Å². The minimum atomic E-state index is -0.271. The summed E-state index contributed by atoms with van der Waals surface area (Å²) in [5, 5.41) is 23.2. The lowest BCUT2D eigenvalue weighted by atomic mass is 10.0. The standard InChI is InChI=1S/C27H30N10O/c1-29-27(38)23-7-8-24-33-34-25(37(24)35-23)14-19-5-4-6-20(13-19)26-31-17-22(18-32-26)21(15-28)16-30-9-12-36-10-2-3-11-36/h4-8,13,15-18,21,28H,2-3,9-12,14H2,1H3,(H,29,38). The third-order valence-electron chi connectivity index (χ3n) is 6.58.